The Morgan fingerprint density at radius 2 is 1.94 bits per heavy atom. The van der Waals surface area contributed by atoms with Crippen LogP contribution in [0.25, 0.3) is 6.08 Å². The Morgan fingerprint density at radius 1 is 1.39 bits per heavy atom. The molecule has 0 spiro atoms. The largest absolute Gasteiger partial charge is 0.478 e. The smallest absolute Gasteiger partial charge is 0.328 e. The van der Waals surface area contributed by atoms with Gasteiger partial charge in [-0.3, -0.25) is 0 Å². The number of halogens is 2. The maximum Gasteiger partial charge on any atom is 0.328 e. The summed E-state index contributed by atoms with van der Waals surface area (Å²) >= 11 is 0. The number of carbonyl (C=O) groups is 1. The van der Waals surface area contributed by atoms with Crippen LogP contribution in [0.5, 0.6) is 0 Å². The number of anilines is 1. The third-order valence-electron chi connectivity index (χ3n) is 2.90. The number of hydrogen-bond acceptors (Lipinski definition) is 2. The number of rotatable bonds is 4. The molecular formula is C13H13F2NO2. The molecule has 0 aromatic heterocycles. The molecule has 0 atom stereocenters. The van der Waals surface area contributed by atoms with E-state index in [0.717, 1.165) is 37.1 Å². The molecule has 1 aliphatic carbocycles. The van der Waals surface area contributed by atoms with Crippen LogP contribution in [0.15, 0.2) is 18.2 Å². The van der Waals surface area contributed by atoms with Crippen LogP contribution in [-0.2, 0) is 4.79 Å². The summed E-state index contributed by atoms with van der Waals surface area (Å²) in [6.45, 7) is 0. The topological polar surface area (TPSA) is 40.5 Å². The second-order valence-electron chi connectivity index (χ2n) is 4.35. The van der Waals surface area contributed by atoms with E-state index in [1.165, 1.54) is 0 Å². The Labute approximate surface area is 103 Å². The molecule has 0 radical (unpaired) electrons. The van der Waals surface area contributed by atoms with Crippen molar-refractivity contribution in [2.75, 3.05) is 11.9 Å². The molecule has 5 heteroatoms. The average molecular weight is 253 g/mol. The minimum atomic E-state index is -1.16. The Kier molecular flexibility index (Phi) is 3.32. The first-order valence-electron chi connectivity index (χ1n) is 5.62. The van der Waals surface area contributed by atoms with Crippen LogP contribution in [0, 0.1) is 11.6 Å². The molecule has 0 saturated heterocycles. The zero-order valence-corrected chi connectivity index (χ0v) is 9.86. The predicted octanol–water partition coefficient (Wildman–Crippen LogP) is 2.66. The van der Waals surface area contributed by atoms with Crippen molar-refractivity contribution in [1.82, 2.24) is 0 Å². The van der Waals surface area contributed by atoms with Crippen molar-refractivity contribution in [3.05, 3.63) is 35.4 Å². The maximum atomic E-state index is 13.8. The van der Waals surface area contributed by atoms with Gasteiger partial charge in [0.2, 0.25) is 0 Å². The van der Waals surface area contributed by atoms with E-state index in [-0.39, 0.29) is 17.3 Å². The molecule has 0 heterocycles. The first kappa shape index (κ1) is 12.5. The molecule has 1 aliphatic rings. The van der Waals surface area contributed by atoms with E-state index >= 15 is 0 Å². The predicted molar refractivity (Wildman–Crippen MR) is 64.5 cm³/mol. The van der Waals surface area contributed by atoms with Gasteiger partial charge in [-0.2, -0.15) is 0 Å². The molecule has 0 amide bonds. The molecule has 1 aromatic carbocycles. The summed E-state index contributed by atoms with van der Waals surface area (Å²) in [5, 5.41) is 8.45. The van der Waals surface area contributed by atoms with Gasteiger partial charge in [0.25, 0.3) is 0 Å². The van der Waals surface area contributed by atoms with Crippen LogP contribution in [0.2, 0.25) is 0 Å². The molecule has 96 valence electrons. The molecule has 1 aromatic rings. The van der Waals surface area contributed by atoms with Gasteiger partial charge in [0.15, 0.2) is 0 Å². The molecule has 18 heavy (non-hydrogen) atoms. The summed E-state index contributed by atoms with van der Waals surface area (Å²) in [4.78, 5) is 11.9. The standard InChI is InChI=1S/C13H13F2NO2/c1-16(9-3-4-9)13-10(14)6-8(7-11(13)15)2-5-12(17)18/h2,5-7,9H,3-4H2,1H3,(H,17,18). The number of nitrogens with zero attached hydrogens (tertiary/aromatic N) is 1. The van der Waals surface area contributed by atoms with Crippen LogP contribution < -0.4 is 4.90 Å². The van der Waals surface area contributed by atoms with Crippen molar-refractivity contribution in [1.29, 1.82) is 0 Å². The quantitative estimate of drug-likeness (QED) is 0.839. The van der Waals surface area contributed by atoms with E-state index in [9.17, 15) is 13.6 Å². The van der Waals surface area contributed by atoms with Crippen LogP contribution in [-0.4, -0.2) is 24.2 Å². The van der Waals surface area contributed by atoms with E-state index in [0.29, 0.717) is 0 Å². The third-order valence-corrected chi connectivity index (χ3v) is 2.90. The van der Waals surface area contributed by atoms with Gasteiger partial charge in [0, 0.05) is 19.2 Å². The van der Waals surface area contributed by atoms with E-state index in [2.05, 4.69) is 0 Å². The zero-order chi connectivity index (χ0) is 13.3. The Balaban J connectivity index is 2.31. The highest BCUT2D eigenvalue weighted by molar-refractivity contribution is 5.85. The number of carboxylic acids is 1. The number of carboxylic acid groups (broad SMARTS) is 1. The van der Waals surface area contributed by atoms with Gasteiger partial charge < -0.3 is 10.0 Å². The Hall–Kier alpha value is -1.91. The summed E-state index contributed by atoms with van der Waals surface area (Å²) in [5.74, 6) is -2.50. The van der Waals surface area contributed by atoms with Crippen LogP contribution in [0.1, 0.15) is 18.4 Å². The van der Waals surface area contributed by atoms with Crippen molar-refractivity contribution in [3.63, 3.8) is 0 Å². The minimum Gasteiger partial charge on any atom is -0.478 e. The van der Waals surface area contributed by atoms with E-state index in [1.807, 2.05) is 0 Å². The Bertz CT molecular complexity index is 487. The van der Waals surface area contributed by atoms with Gasteiger partial charge >= 0.3 is 5.97 Å². The monoisotopic (exact) mass is 253 g/mol. The van der Waals surface area contributed by atoms with Crippen molar-refractivity contribution in [2.45, 2.75) is 18.9 Å². The first-order chi connectivity index (χ1) is 8.49. The molecule has 0 unspecified atom stereocenters. The molecule has 3 nitrogen and oxygen atoms in total. The lowest BCUT2D eigenvalue weighted by atomic mass is 10.1. The molecule has 0 bridgehead atoms. The fraction of sp³-hybridized carbons (Fsp3) is 0.308. The van der Waals surface area contributed by atoms with E-state index in [4.69, 9.17) is 5.11 Å². The molecule has 0 aliphatic heterocycles. The highest BCUT2D eigenvalue weighted by Crippen LogP contribution is 2.33. The van der Waals surface area contributed by atoms with Gasteiger partial charge in [-0.05, 0) is 36.6 Å². The van der Waals surface area contributed by atoms with Crippen LogP contribution in [0.3, 0.4) is 0 Å². The number of aliphatic carboxylic acids is 1. The minimum absolute atomic E-state index is 0.0509. The fourth-order valence-electron chi connectivity index (χ4n) is 1.83. The lowest BCUT2D eigenvalue weighted by Crippen LogP contribution is -2.22. The summed E-state index contributed by atoms with van der Waals surface area (Å²) < 4.78 is 27.6. The summed E-state index contributed by atoms with van der Waals surface area (Å²) in [6.07, 6.45) is 3.89. The highest BCUT2D eigenvalue weighted by Gasteiger charge is 2.29. The van der Waals surface area contributed by atoms with E-state index in [1.54, 1.807) is 11.9 Å². The average Bonchev–Trinajstić information content (AvgIpc) is 3.08. The lowest BCUT2D eigenvalue weighted by Gasteiger charge is -2.20. The second-order valence-corrected chi connectivity index (χ2v) is 4.35. The normalized spacial score (nSPS) is 15.1. The van der Waals surface area contributed by atoms with Crippen molar-refractivity contribution >= 4 is 17.7 Å². The molecule has 2 rings (SSSR count). The van der Waals surface area contributed by atoms with E-state index < -0.39 is 17.6 Å². The Morgan fingerprint density at radius 3 is 2.39 bits per heavy atom. The second kappa shape index (κ2) is 4.76. The van der Waals surface area contributed by atoms with Gasteiger partial charge in [0.05, 0.1) is 0 Å². The molecule has 1 fully saturated rings. The van der Waals surface area contributed by atoms with Gasteiger partial charge in [-0.25, -0.2) is 13.6 Å². The van der Waals surface area contributed by atoms with Crippen molar-refractivity contribution < 1.29 is 18.7 Å². The van der Waals surface area contributed by atoms with Gasteiger partial charge in [0.1, 0.15) is 17.3 Å². The molecule has 1 N–H and O–H groups in total. The highest BCUT2D eigenvalue weighted by atomic mass is 19.1. The lowest BCUT2D eigenvalue weighted by molar-refractivity contribution is -0.131. The summed E-state index contributed by atoms with van der Waals surface area (Å²) in [5.41, 5.74) is 0.144. The third kappa shape index (κ3) is 2.67. The van der Waals surface area contributed by atoms with Crippen molar-refractivity contribution in [2.24, 2.45) is 0 Å². The van der Waals surface area contributed by atoms with Gasteiger partial charge in [-0.1, -0.05) is 0 Å². The van der Waals surface area contributed by atoms with Crippen LogP contribution in [0.4, 0.5) is 14.5 Å². The summed E-state index contributed by atoms with van der Waals surface area (Å²) in [6, 6.07) is 2.47. The molecular weight excluding hydrogens is 240 g/mol. The van der Waals surface area contributed by atoms with Gasteiger partial charge in [-0.15, -0.1) is 0 Å². The number of hydrogen-bond donors (Lipinski definition) is 1. The number of benzene rings is 1. The zero-order valence-electron chi connectivity index (χ0n) is 9.86. The maximum absolute atomic E-state index is 13.8. The summed E-state index contributed by atoms with van der Waals surface area (Å²) in [7, 11) is 1.66. The molecule has 1 saturated carbocycles. The van der Waals surface area contributed by atoms with Crippen LogP contribution >= 0.6 is 0 Å². The fourth-order valence-corrected chi connectivity index (χ4v) is 1.83. The van der Waals surface area contributed by atoms with Crippen molar-refractivity contribution in [3.8, 4) is 0 Å². The SMILES string of the molecule is CN(c1c(F)cc(C=CC(=O)O)cc1F)C1CC1. The first-order valence-corrected chi connectivity index (χ1v) is 5.62.